The Hall–Kier alpha value is -3.27. The molecule has 3 heterocycles. The minimum atomic E-state index is -0.413. The Morgan fingerprint density at radius 3 is 2.56 bits per heavy atom. The van der Waals surface area contributed by atoms with Gasteiger partial charge in [0.05, 0.1) is 22.1 Å². The predicted octanol–water partition coefficient (Wildman–Crippen LogP) is 8.12. The van der Waals surface area contributed by atoms with Gasteiger partial charge in [-0.05, 0) is 73.8 Å². The normalized spacial score (nSPS) is 16.8. The number of hydrogen-bond acceptors (Lipinski definition) is 7. The van der Waals surface area contributed by atoms with Crippen LogP contribution in [0.15, 0.2) is 54.6 Å². The van der Waals surface area contributed by atoms with Crippen LogP contribution in [0.5, 0.6) is 5.75 Å². The van der Waals surface area contributed by atoms with Gasteiger partial charge >= 0.3 is 0 Å². The lowest BCUT2D eigenvalue weighted by Gasteiger charge is -2.42. The number of rotatable bonds is 5. The van der Waals surface area contributed by atoms with Gasteiger partial charge in [-0.25, -0.2) is 8.78 Å². The third kappa shape index (κ3) is 5.38. The van der Waals surface area contributed by atoms with E-state index >= 15 is 4.39 Å². The largest absolute Gasteiger partial charge is 0.506 e. The molecule has 10 heteroatoms. The monoisotopic (exact) mass is 595 g/mol. The van der Waals surface area contributed by atoms with Crippen LogP contribution in [0.2, 0.25) is 5.02 Å². The number of anilines is 4. The summed E-state index contributed by atoms with van der Waals surface area (Å²) >= 11 is 7.54. The van der Waals surface area contributed by atoms with Crippen LogP contribution in [0.3, 0.4) is 0 Å². The summed E-state index contributed by atoms with van der Waals surface area (Å²) in [6.07, 6.45) is 1.60. The summed E-state index contributed by atoms with van der Waals surface area (Å²) in [6, 6.07) is 14.6. The van der Waals surface area contributed by atoms with Crippen LogP contribution in [-0.4, -0.2) is 46.4 Å². The van der Waals surface area contributed by atoms with E-state index in [-0.39, 0.29) is 17.0 Å². The zero-order chi connectivity index (χ0) is 28.9. The number of aromatic hydroxyl groups is 1. The van der Waals surface area contributed by atoms with Crippen LogP contribution in [0, 0.1) is 17.0 Å². The number of benzene rings is 3. The highest BCUT2D eigenvalue weighted by atomic mass is 35.5. The van der Waals surface area contributed by atoms with Crippen molar-refractivity contribution in [2.24, 2.45) is 5.41 Å². The summed E-state index contributed by atoms with van der Waals surface area (Å²) in [7, 11) is 0. The molecule has 214 valence electrons. The van der Waals surface area contributed by atoms with Gasteiger partial charge in [-0.3, -0.25) is 0 Å². The number of phenolic OH excluding ortho intramolecular Hbond substituents is 1. The number of nitrogens with zero attached hydrogens (tertiary/aromatic N) is 4. The highest BCUT2D eigenvalue weighted by Gasteiger charge is 2.48. The lowest BCUT2D eigenvalue weighted by atomic mass is 9.73. The summed E-state index contributed by atoms with van der Waals surface area (Å²) in [5, 5.41) is 24.3. The number of phenols is 1. The van der Waals surface area contributed by atoms with Gasteiger partial charge in [0, 0.05) is 29.6 Å². The summed E-state index contributed by atoms with van der Waals surface area (Å²) in [5.41, 5.74) is 2.89. The number of hydrogen-bond donors (Lipinski definition) is 2. The number of fused-ring (bicyclic) bond motifs is 2. The van der Waals surface area contributed by atoms with E-state index in [9.17, 15) is 9.50 Å². The van der Waals surface area contributed by atoms with Crippen LogP contribution in [0.1, 0.15) is 39.2 Å². The maximum Gasteiger partial charge on any atom is 0.210 e. The second-order valence-corrected chi connectivity index (χ2v) is 13.6. The maximum atomic E-state index is 15.6. The molecule has 2 N–H and O–H groups in total. The molecule has 4 aromatic rings. The van der Waals surface area contributed by atoms with Crippen molar-refractivity contribution in [2.75, 3.05) is 36.4 Å². The number of para-hydroxylation sites is 2. The van der Waals surface area contributed by atoms with E-state index in [1.165, 1.54) is 41.7 Å². The van der Waals surface area contributed by atoms with Gasteiger partial charge in [0.2, 0.25) is 5.13 Å². The van der Waals surface area contributed by atoms with Crippen molar-refractivity contribution >= 4 is 45.1 Å². The molecule has 1 aromatic heterocycles. The number of halogens is 3. The van der Waals surface area contributed by atoms with Gasteiger partial charge in [0.15, 0.2) is 5.01 Å². The van der Waals surface area contributed by atoms with Crippen molar-refractivity contribution in [3.63, 3.8) is 0 Å². The first-order valence-electron chi connectivity index (χ1n) is 13.7. The second kappa shape index (κ2) is 10.5. The summed E-state index contributed by atoms with van der Waals surface area (Å²) in [6.45, 7) is 9.99. The smallest absolute Gasteiger partial charge is 0.210 e. The molecule has 0 aliphatic carbocycles. The molecule has 6 rings (SSSR count). The third-order valence-corrected chi connectivity index (χ3v) is 9.10. The van der Waals surface area contributed by atoms with Crippen LogP contribution in [0.25, 0.3) is 10.6 Å². The Morgan fingerprint density at radius 1 is 1.05 bits per heavy atom. The van der Waals surface area contributed by atoms with Crippen molar-refractivity contribution in [2.45, 2.75) is 39.0 Å². The molecule has 2 aliphatic rings. The number of aromatic nitrogens is 2. The van der Waals surface area contributed by atoms with Crippen molar-refractivity contribution in [3.8, 4) is 16.3 Å². The molecule has 1 saturated heterocycles. The molecule has 0 unspecified atom stereocenters. The molecular weight excluding hydrogens is 564 g/mol. The Morgan fingerprint density at radius 2 is 1.80 bits per heavy atom. The first-order valence-corrected chi connectivity index (χ1v) is 14.9. The van der Waals surface area contributed by atoms with Gasteiger partial charge in [-0.2, -0.15) is 0 Å². The van der Waals surface area contributed by atoms with Gasteiger partial charge < -0.3 is 20.2 Å². The van der Waals surface area contributed by atoms with Crippen molar-refractivity contribution < 1.29 is 13.9 Å². The fourth-order valence-electron chi connectivity index (χ4n) is 6.19. The van der Waals surface area contributed by atoms with Crippen LogP contribution >= 0.6 is 22.9 Å². The molecule has 0 atom stereocenters. The molecule has 6 nitrogen and oxygen atoms in total. The Balaban J connectivity index is 1.33. The topological polar surface area (TPSA) is 64.5 Å². The standard InChI is InChI=1S/C31H32ClF2N5OS/c1-30(2,3)17-38-14-12-31(13-15-38)18-39(27-25(40)11-10-22(34)26(27)31)24-7-5-4-6-23(24)35-29-37-36-28(41-29)20-16-19(33)8-9-21(20)32/h4-11,16,40H,12-15,17-18H2,1-3H3,(H,35,37). The molecule has 2 aliphatic heterocycles. The lowest BCUT2D eigenvalue weighted by molar-refractivity contribution is 0.124. The highest BCUT2D eigenvalue weighted by molar-refractivity contribution is 7.18. The van der Waals surface area contributed by atoms with Gasteiger partial charge in [0.25, 0.3) is 0 Å². The summed E-state index contributed by atoms with van der Waals surface area (Å²) in [4.78, 5) is 4.49. The van der Waals surface area contributed by atoms with E-state index in [0.717, 1.165) is 43.9 Å². The minimum absolute atomic E-state index is 0.0594. The fourth-order valence-corrected chi connectivity index (χ4v) is 7.24. The average Bonchev–Trinajstić information content (AvgIpc) is 3.52. The van der Waals surface area contributed by atoms with E-state index < -0.39 is 11.2 Å². The third-order valence-electron chi connectivity index (χ3n) is 7.90. The van der Waals surface area contributed by atoms with E-state index in [4.69, 9.17) is 11.6 Å². The first-order chi connectivity index (χ1) is 19.5. The van der Waals surface area contributed by atoms with E-state index in [1.54, 1.807) is 0 Å². The fraction of sp³-hybridized carbons (Fsp3) is 0.355. The Labute approximate surface area is 247 Å². The van der Waals surface area contributed by atoms with Crippen molar-refractivity contribution in [1.29, 1.82) is 0 Å². The molecule has 0 saturated carbocycles. The SMILES string of the molecule is CC(C)(C)CN1CCC2(CC1)CN(c1ccccc1Nc1nnc(-c3cc(F)ccc3Cl)s1)c1c(O)ccc(F)c12. The van der Waals surface area contributed by atoms with Gasteiger partial charge in [0.1, 0.15) is 17.4 Å². The molecule has 1 spiro atoms. The number of piperidine rings is 1. The van der Waals surface area contributed by atoms with E-state index in [2.05, 4.69) is 41.2 Å². The molecule has 3 aromatic carbocycles. The van der Waals surface area contributed by atoms with Gasteiger partial charge in [-0.1, -0.05) is 55.8 Å². The average molecular weight is 596 g/mol. The van der Waals surface area contributed by atoms with E-state index in [0.29, 0.717) is 38.5 Å². The maximum absolute atomic E-state index is 15.6. The zero-order valence-corrected chi connectivity index (χ0v) is 24.8. The summed E-state index contributed by atoms with van der Waals surface area (Å²) in [5.74, 6) is -0.628. The van der Waals surface area contributed by atoms with Crippen LogP contribution in [0.4, 0.5) is 31.0 Å². The quantitative estimate of drug-likeness (QED) is 0.243. The molecule has 0 radical (unpaired) electrons. The van der Waals surface area contributed by atoms with E-state index in [1.807, 2.05) is 29.2 Å². The summed E-state index contributed by atoms with van der Waals surface area (Å²) < 4.78 is 29.5. The molecule has 0 bridgehead atoms. The van der Waals surface area contributed by atoms with Crippen LogP contribution < -0.4 is 10.2 Å². The highest BCUT2D eigenvalue weighted by Crippen LogP contribution is 2.55. The molecular formula is C31H32ClF2N5OS. The Bertz CT molecular complexity index is 1600. The van der Waals surface area contributed by atoms with Gasteiger partial charge in [-0.15, -0.1) is 10.2 Å². The number of nitrogens with one attached hydrogen (secondary N) is 1. The number of likely N-dealkylation sites (tertiary alicyclic amines) is 1. The predicted molar refractivity (Wildman–Crippen MR) is 162 cm³/mol. The van der Waals surface area contributed by atoms with Crippen molar-refractivity contribution in [3.05, 3.63) is 76.8 Å². The van der Waals surface area contributed by atoms with Crippen molar-refractivity contribution in [1.82, 2.24) is 15.1 Å². The molecule has 1 fully saturated rings. The zero-order valence-electron chi connectivity index (χ0n) is 23.2. The lowest BCUT2D eigenvalue weighted by Crippen LogP contribution is -2.47. The second-order valence-electron chi connectivity index (χ2n) is 12.2. The first kappa shape index (κ1) is 27.9. The Kier molecular flexibility index (Phi) is 7.16. The minimum Gasteiger partial charge on any atom is -0.506 e. The van der Waals surface area contributed by atoms with Crippen LogP contribution in [-0.2, 0) is 5.41 Å². The molecule has 0 amide bonds. The molecule has 41 heavy (non-hydrogen) atoms.